The fraction of sp³-hybridized carbons (Fsp3) is 0.471. The lowest BCUT2D eigenvalue weighted by molar-refractivity contribution is -0.145. The number of fused-ring (bicyclic) bond motifs is 4. The van der Waals surface area contributed by atoms with Crippen molar-refractivity contribution in [2.75, 3.05) is 35.7 Å². The van der Waals surface area contributed by atoms with Gasteiger partial charge in [0.05, 0.1) is 77.5 Å². The molecule has 4 saturated heterocycles. The molecule has 6 unspecified atom stereocenters. The van der Waals surface area contributed by atoms with E-state index >= 15 is 17.6 Å². The largest absolute Gasteiger partial charge is 0.465 e. The van der Waals surface area contributed by atoms with Gasteiger partial charge in [-0.15, -0.1) is 0 Å². The Hall–Kier alpha value is -10.7. The lowest BCUT2D eigenvalue weighted by Gasteiger charge is -2.29. The highest BCUT2D eigenvalue weighted by molar-refractivity contribution is 7.52. The van der Waals surface area contributed by atoms with Gasteiger partial charge in [0, 0.05) is 48.1 Å². The second kappa shape index (κ2) is 39.5. The first kappa shape index (κ1) is 96.9. The maximum Gasteiger partial charge on any atom is 0.459 e. The van der Waals surface area contributed by atoms with Gasteiger partial charge in [-0.05, 0) is 144 Å². The molecule has 686 valence electrons. The third-order valence-corrected chi connectivity index (χ3v) is 26.5. The van der Waals surface area contributed by atoms with Gasteiger partial charge >= 0.3 is 27.4 Å². The van der Waals surface area contributed by atoms with Crippen LogP contribution in [0.4, 0.5) is 40.8 Å². The summed E-state index contributed by atoms with van der Waals surface area (Å²) in [5.74, 6) is -1.61. The quantitative estimate of drug-likeness (QED) is 0.0138. The minimum absolute atomic E-state index is 0. The fourth-order valence-electron chi connectivity index (χ4n) is 15.6. The van der Waals surface area contributed by atoms with Crippen molar-refractivity contribution in [3.05, 3.63) is 171 Å². The highest BCUT2D eigenvalue weighted by Crippen LogP contribution is 2.55. The van der Waals surface area contributed by atoms with Gasteiger partial charge in [-0.2, -0.15) is 10.2 Å². The van der Waals surface area contributed by atoms with Crippen LogP contribution >= 0.6 is 15.5 Å². The number of rotatable bonds is 26. The molecule has 24 atom stereocenters. The third-order valence-electron chi connectivity index (χ3n) is 22.9. The minimum atomic E-state index is -4.29. The van der Waals surface area contributed by atoms with Crippen LogP contribution in [-0.4, -0.2) is 194 Å². The molecular weight excluding hydrogens is 1700 g/mol. The molecule has 0 saturated carbocycles. The zero-order valence-electron chi connectivity index (χ0n) is 71.9. The Morgan fingerprint density at radius 3 is 1.13 bits per heavy atom. The monoisotopic (exact) mass is 1810 g/mol. The van der Waals surface area contributed by atoms with Gasteiger partial charge in [-0.3, -0.25) is 23.4 Å². The first-order valence-corrected chi connectivity index (χ1v) is 43.9. The van der Waals surface area contributed by atoms with E-state index in [0.29, 0.717) is 61.3 Å². The zero-order valence-corrected chi connectivity index (χ0v) is 73.7. The van der Waals surface area contributed by atoms with Crippen molar-refractivity contribution >= 4 is 101 Å². The van der Waals surface area contributed by atoms with Crippen LogP contribution in [0.25, 0.3) is 44.1 Å². The Morgan fingerprint density at radius 2 is 0.772 bits per heavy atom. The van der Waals surface area contributed by atoms with Crippen molar-refractivity contribution in [3.8, 4) is 11.5 Å². The van der Waals surface area contributed by atoms with Crippen LogP contribution < -0.4 is 41.7 Å². The first-order chi connectivity index (χ1) is 59.6. The number of hydrogen-bond acceptors (Lipinski definition) is 29. The number of nitrogens with two attached hydrogens (primary N) is 3. The number of ether oxygens (including phenoxy) is 6. The molecule has 12 heterocycles. The molecule has 0 bridgehead atoms. The van der Waals surface area contributed by atoms with E-state index in [4.69, 9.17) is 63.7 Å². The molecule has 4 fully saturated rings. The minimum Gasteiger partial charge on any atom is -0.465 e. The number of nitrogens with one attached hydrogen (secondary N) is 3. The number of nitrogen functional groups attached to an aromatic ring is 3. The number of para-hydroxylation sites is 2. The highest BCUT2D eigenvalue weighted by Gasteiger charge is 2.60. The van der Waals surface area contributed by atoms with Crippen molar-refractivity contribution < 1.29 is 103 Å². The van der Waals surface area contributed by atoms with Gasteiger partial charge in [-0.1, -0.05) is 82.8 Å². The number of aliphatic hydroxyl groups is 3. The predicted molar refractivity (Wildman–Crippen MR) is 464 cm³/mol. The molecule has 12 N–H and O–H groups in total. The Morgan fingerprint density at radius 1 is 0.465 bits per heavy atom. The highest BCUT2D eigenvalue weighted by atomic mass is 31.2. The summed E-state index contributed by atoms with van der Waals surface area (Å²) in [6, 6.07) is 30.1. The number of halogens is 4. The van der Waals surface area contributed by atoms with Gasteiger partial charge in [0.25, 0.3) is 5.91 Å². The van der Waals surface area contributed by atoms with Crippen molar-refractivity contribution in [2.24, 2.45) is 17.8 Å². The zero-order chi connectivity index (χ0) is 91.4. The second-order valence-electron chi connectivity index (χ2n) is 32.0. The Kier molecular flexibility index (Phi) is 30.1. The number of esters is 2. The van der Waals surface area contributed by atoms with E-state index in [1.165, 1.54) is 84.5 Å². The fourth-order valence-corrected chi connectivity index (χ4v) is 19.0. The number of carbonyl (C=O) groups is 3. The summed E-state index contributed by atoms with van der Waals surface area (Å²) in [5, 5.41) is 40.9. The molecule has 4 aliphatic heterocycles. The van der Waals surface area contributed by atoms with Crippen molar-refractivity contribution in [1.29, 1.82) is 0 Å². The summed E-state index contributed by atoms with van der Waals surface area (Å²) in [4.78, 5) is 69.8. The molecule has 11 aromatic rings. The standard InChI is InChI=1S/C25H33FN5O6P.C24H31FN5O7P.C21H23FN4O3.C14H19FN4O2.CH4/c1-6-34-23(32)16(3)30-38(33,37-18-10-8-7-9-11-18)36-17(4)20-15(2)25(5,26)24(35-20)31-13-12-19-21(27)28-14-29-22(19)31;1-5-34-22(32)14(2)29-38(33,37-16-9-7-6-8-10-16)36-15(3)18-19(31)24(4,25)23(35-18)30-12-11-17-20(26)27-13-28-21(17)30;1-12-16(13(2)27)29-20(21(12,3)22)26-10-9-15-17(23-11-24-18(15)26)25-19(28)14-7-5-4-6-8-14;1-7-10(8(2)20)21-13(14(7,3)15)19-5-4-9-11(16)17-6-18-12(9)19;/h7-17,20,24H,6H2,1-5H3,(H,30,33)(H2,27,28,29);6-15,18-19,23,31H,5H2,1-4H3,(H,29,33)(H2,26,27,28);4-13,16,20,27H,1-3H3,(H,23,24,25,28);4-8,10,13,20H,1-3H3,(H2,16,17,18);1H4/t15-,16+,17?,20+,24-,25-,38?;14-,15?,18+,19+,23+,24+,38?;12-,13?,16+,20-,21-;7-,8?,10+,13-,14-;/m1011./s1. The second-order valence-corrected chi connectivity index (χ2v) is 35.3. The van der Waals surface area contributed by atoms with Crippen LogP contribution in [0.5, 0.6) is 11.5 Å². The average Bonchev–Trinajstić information content (AvgIpc) is 1.62. The number of alkyl halides is 4. The van der Waals surface area contributed by atoms with Crippen molar-refractivity contribution in [2.45, 2.75) is 226 Å². The maximum atomic E-state index is 16.2. The molecule has 8 aromatic heterocycles. The summed E-state index contributed by atoms with van der Waals surface area (Å²) < 4.78 is 154. The number of hydrogen-bond donors (Lipinski definition) is 9. The van der Waals surface area contributed by atoms with E-state index in [2.05, 4.69) is 55.4 Å². The molecule has 36 nitrogen and oxygen atoms in total. The summed E-state index contributed by atoms with van der Waals surface area (Å²) in [6.07, 6.45) is -1.10. The van der Waals surface area contributed by atoms with E-state index in [0.717, 1.165) is 0 Å². The van der Waals surface area contributed by atoms with Crippen molar-refractivity contribution in [1.82, 2.24) is 68.3 Å². The SMILES string of the molecule is C.CC(O)[C@H]1O[C@@H](n2ccc3c(N)ncnc32)[C@](C)(F)[C@@H]1C.CC(O)[C@H]1O[C@@H](n2ccc3c(NC(=O)c4ccccc4)ncnc32)[C@](C)(F)[C@@H]1C.CCOC(=O)[C@H](C)NP(=O)(Oc1ccccc1)OC(C)[C@H]1O[C@@H](n2ccc3c(N)ncnc32)[C@](C)(F)[C@@H]1C.CCOC(=O)[C@H](C)NP(=O)(Oc1ccccc1)OC(C)[C@H]1O[C@@H](n2ccc3c(N)ncnc32)[C@](C)(F)[C@@H]1O. The number of aliphatic hydroxyl groups excluding tert-OH is 3. The van der Waals surface area contributed by atoms with E-state index in [9.17, 15) is 38.8 Å². The summed E-state index contributed by atoms with van der Waals surface area (Å²) in [7, 11) is -8.46. The molecule has 4 aliphatic rings. The van der Waals surface area contributed by atoms with Gasteiger partial charge in [0.2, 0.25) is 0 Å². The van der Waals surface area contributed by atoms with Crippen LogP contribution in [0.3, 0.4) is 0 Å². The van der Waals surface area contributed by atoms with Crippen molar-refractivity contribution in [3.63, 3.8) is 0 Å². The normalized spacial score (nSPS) is 27.9. The third kappa shape index (κ3) is 20.4. The molecule has 127 heavy (non-hydrogen) atoms. The molecule has 0 spiro atoms. The molecule has 0 aliphatic carbocycles. The lowest BCUT2D eigenvalue weighted by atomic mass is 9.88. The molecule has 0 radical (unpaired) electrons. The van der Waals surface area contributed by atoms with Crippen LogP contribution in [-0.2, 0) is 56.2 Å². The van der Waals surface area contributed by atoms with Gasteiger partial charge in [-0.25, -0.2) is 66.6 Å². The Balaban J connectivity index is 0.000000167. The number of aromatic nitrogens is 12. The summed E-state index contributed by atoms with van der Waals surface area (Å²) >= 11 is 0. The average molecular weight is 1810 g/mol. The van der Waals surface area contributed by atoms with Gasteiger partial charge in [0.15, 0.2) is 47.6 Å². The van der Waals surface area contributed by atoms with Crippen LogP contribution in [0.15, 0.2) is 165 Å². The van der Waals surface area contributed by atoms with E-state index in [-0.39, 0.29) is 49.7 Å². The number of anilines is 4. The van der Waals surface area contributed by atoms with Crippen LogP contribution in [0, 0.1) is 17.8 Å². The van der Waals surface area contributed by atoms with E-state index < -0.39 is 160 Å². The smallest absolute Gasteiger partial charge is 0.459 e. The van der Waals surface area contributed by atoms with Gasteiger partial charge in [0.1, 0.15) is 107 Å². The molecule has 1 amide bonds. The first-order valence-electron chi connectivity index (χ1n) is 40.8. The van der Waals surface area contributed by atoms with Crippen LogP contribution in [0.2, 0.25) is 0 Å². The van der Waals surface area contributed by atoms with E-state index in [1.54, 1.807) is 197 Å². The number of nitrogens with zero attached hydrogens (tertiary/aromatic N) is 12. The van der Waals surface area contributed by atoms with Crippen LogP contribution in [0.1, 0.15) is 147 Å². The molecular formula is C85H110F4N18O18P2. The number of amides is 1. The number of benzene rings is 3. The van der Waals surface area contributed by atoms with Gasteiger partial charge < -0.3 is 93.6 Å². The predicted octanol–water partition coefficient (Wildman–Crippen LogP) is 13.2. The molecule has 42 heteroatoms. The summed E-state index contributed by atoms with van der Waals surface area (Å²) in [5.41, 5.74) is 12.3. The Bertz CT molecular complexity index is 5500. The Labute approximate surface area is 730 Å². The molecule has 15 rings (SSSR count). The topological polar surface area (TPSA) is 475 Å². The lowest BCUT2D eigenvalue weighted by Crippen LogP contribution is -2.44. The van der Waals surface area contributed by atoms with E-state index in [1.807, 2.05) is 6.07 Å². The number of carbonyl (C=O) groups excluding carboxylic acids is 3. The summed E-state index contributed by atoms with van der Waals surface area (Å²) in [6.45, 7) is 23.5. The molecule has 3 aromatic carbocycles. The maximum absolute atomic E-state index is 16.2.